The lowest BCUT2D eigenvalue weighted by Crippen LogP contribution is -2.72. The molecule has 0 unspecified atom stereocenters. The van der Waals surface area contributed by atoms with Gasteiger partial charge < -0.3 is 5.32 Å². The molecule has 0 aliphatic rings. The van der Waals surface area contributed by atoms with E-state index in [9.17, 15) is 0 Å². The molecule has 2 heterocycles. The summed E-state index contributed by atoms with van der Waals surface area (Å²) >= 11 is 0. The van der Waals surface area contributed by atoms with E-state index in [1.54, 1.807) is 12.4 Å². The van der Waals surface area contributed by atoms with Crippen LogP contribution >= 0.6 is 0 Å². The Morgan fingerprint density at radius 1 is 1.38 bits per heavy atom. The first-order valence-electron chi connectivity index (χ1n) is 4.14. The molecule has 0 aliphatic heterocycles. The number of rotatable bonds is 2. The summed E-state index contributed by atoms with van der Waals surface area (Å²) in [6, 6.07) is 3.87. The Morgan fingerprint density at radius 3 is 2.92 bits per heavy atom. The van der Waals surface area contributed by atoms with Gasteiger partial charge in [0.15, 0.2) is 5.69 Å². The van der Waals surface area contributed by atoms with Crippen LogP contribution in [0, 0.1) is 0 Å². The summed E-state index contributed by atoms with van der Waals surface area (Å²) in [4.78, 5) is 4.03. The zero-order valence-electron chi connectivity index (χ0n) is 7.38. The highest BCUT2D eigenvalue weighted by molar-refractivity contribution is 5.31. The number of hydrogen-bond donors (Lipinski definition) is 1. The van der Waals surface area contributed by atoms with Crippen molar-refractivity contribution in [2.24, 2.45) is 0 Å². The topological polar surface area (TPSA) is 47.3 Å². The first-order chi connectivity index (χ1) is 6.40. The van der Waals surface area contributed by atoms with E-state index in [0.717, 1.165) is 11.4 Å². The van der Waals surface area contributed by atoms with E-state index in [4.69, 9.17) is 0 Å². The second-order valence-electron chi connectivity index (χ2n) is 2.72. The lowest BCUT2D eigenvalue weighted by atomic mass is 10.4. The summed E-state index contributed by atoms with van der Waals surface area (Å²) < 4.78 is 1.81. The fraction of sp³-hybridized carbons (Fsp3) is 0.111. The van der Waals surface area contributed by atoms with Crippen molar-refractivity contribution in [2.45, 2.75) is 0 Å². The van der Waals surface area contributed by atoms with Crippen LogP contribution in [0.1, 0.15) is 0 Å². The molecule has 0 radical (unpaired) electrons. The molecule has 2 N–H and O–H groups in total. The molecule has 13 heavy (non-hydrogen) atoms. The Labute approximate surface area is 76.2 Å². The zero-order chi connectivity index (χ0) is 9.10. The summed E-state index contributed by atoms with van der Waals surface area (Å²) in [5, 5.41) is 6.22. The smallest absolute Gasteiger partial charge is 0.168 e. The maximum atomic E-state index is 4.20. The molecule has 0 aliphatic carbocycles. The quantitative estimate of drug-likeness (QED) is 0.703. The van der Waals surface area contributed by atoms with E-state index in [-0.39, 0.29) is 0 Å². The van der Waals surface area contributed by atoms with Crippen LogP contribution in [-0.4, -0.2) is 21.8 Å². The highest BCUT2D eigenvalue weighted by Crippen LogP contribution is 2.05. The number of aromatic nitrogens is 3. The molecule has 2 aromatic heterocycles. The minimum atomic E-state index is 0.982. The summed E-state index contributed by atoms with van der Waals surface area (Å²) in [6.45, 7) is 0. The van der Waals surface area contributed by atoms with Gasteiger partial charge in [0.25, 0.3) is 0 Å². The Morgan fingerprint density at radius 2 is 2.31 bits per heavy atom. The van der Waals surface area contributed by atoms with Gasteiger partial charge in [0, 0.05) is 6.20 Å². The van der Waals surface area contributed by atoms with Crippen molar-refractivity contribution in [3.8, 4) is 5.69 Å². The Bertz CT molecular complexity index is 380. The molecule has 0 amide bonds. The van der Waals surface area contributed by atoms with Gasteiger partial charge >= 0.3 is 0 Å². The van der Waals surface area contributed by atoms with Crippen molar-refractivity contribution in [3.05, 3.63) is 36.9 Å². The summed E-state index contributed by atoms with van der Waals surface area (Å²) in [5.41, 5.74) is 2.10. The van der Waals surface area contributed by atoms with Crippen LogP contribution in [0.2, 0.25) is 0 Å². The third-order valence-electron chi connectivity index (χ3n) is 1.85. The summed E-state index contributed by atoms with van der Waals surface area (Å²) in [5.74, 6) is 0. The normalized spacial score (nSPS) is 10.2. The van der Waals surface area contributed by atoms with Gasteiger partial charge in [0.05, 0.1) is 25.1 Å². The van der Waals surface area contributed by atoms with Gasteiger partial charge in [0.2, 0.25) is 0 Å². The SMILES string of the molecule is C[NH2+]c1cnn(-c2cccnc2)c1. The van der Waals surface area contributed by atoms with Crippen LogP contribution in [0.3, 0.4) is 0 Å². The van der Waals surface area contributed by atoms with E-state index < -0.39 is 0 Å². The predicted octanol–water partition coefficient (Wildman–Crippen LogP) is 0.0920. The monoisotopic (exact) mass is 175 g/mol. The lowest BCUT2D eigenvalue weighted by molar-refractivity contribution is -0.539. The summed E-state index contributed by atoms with van der Waals surface area (Å²) in [7, 11) is 1.99. The van der Waals surface area contributed by atoms with Crippen LogP contribution in [0.4, 0.5) is 5.69 Å². The van der Waals surface area contributed by atoms with E-state index in [1.807, 2.05) is 41.6 Å². The number of nitrogens with two attached hydrogens (primary N) is 1. The molecule has 4 nitrogen and oxygen atoms in total. The van der Waals surface area contributed by atoms with E-state index >= 15 is 0 Å². The van der Waals surface area contributed by atoms with Crippen LogP contribution in [0.25, 0.3) is 5.69 Å². The maximum Gasteiger partial charge on any atom is 0.168 e. The third kappa shape index (κ3) is 1.57. The largest absolute Gasteiger partial charge is 0.314 e. The maximum absolute atomic E-state index is 4.20. The third-order valence-corrected chi connectivity index (χ3v) is 1.85. The van der Waals surface area contributed by atoms with E-state index in [2.05, 4.69) is 10.1 Å². The van der Waals surface area contributed by atoms with Crippen LogP contribution in [0.5, 0.6) is 0 Å². The average molecular weight is 175 g/mol. The number of pyridine rings is 1. The molecular weight excluding hydrogens is 164 g/mol. The Kier molecular flexibility index (Phi) is 2.06. The van der Waals surface area contributed by atoms with Crippen molar-refractivity contribution >= 4 is 5.69 Å². The molecule has 0 saturated heterocycles. The standard InChI is InChI=1S/C9H10N4/c1-10-8-5-12-13(7-8)9-3-2-4-11-6-9/h2-7,10H,1H3/p+1. The second-order valence-corrected chi connectivity index (χ2v) is 2.72. The molecule has 0 aromatic carbocycles. The van der Waals surface area contributed by atoms with Crippen molar-refractivity contribution in [3.63, 3.8) is 0 Å². The van der Waals surface area contributed by atoms with Gasteiger partial charge in [-0.05, 0) is 12.1 Å². The molecule has 0 bridgehead atoms. The van der Waals surface area contributed by atoms with E-state index in [1.165, 1.54) is 0 Å². The van der Waals surface area contributed by atoms with Gasteiger partial charge in [0.1, 0.15) is 6.20 Å². The zero-order valence-corrected chi connectivity index (χ0v) is 7.38. The number of quaternary nitrogens is 1. The fourth-order valence-electron chi connectivity index (χ4n) is 1.12. The van der Waals surface area contributed by atoms with Gasteiger partial charge in [-0.15, -0.1) is 0 Å². The van der Waals surface area contributed by atoms with Gasteiger partial charge in [-0.2, -0.15) is 5.10 Å². The average Bonchev–Trinajstić information content (AvgIpc) is 2.67. The van der Waals surface area contributed by atoms with Gasteiger partial charge in [-0.3, -0.25) is 4.98 Å². The lowest BCUT2D eigenvalue weighted by Gasteiger charge is -1.96. The molecule has 4 heteroatoms. The molecule has 0 spiro atoms. The van der Waals surface area contributed by atoms with E-state index in [0.29, 0.717) is 0 Å². The first kappa shape index (κ1) is 7.94. The minimum Gasteiger partial charge on any atom is -0.314 e. The fourth-order valence-corrected chi connectivity index (χ4v) is 1.12. The Hall–Kier alpha value is -1.68. The highest BCUT2D eigenvalue weighted by atomic mass is 15.3. The van der Waals surface area contributed by atoms with Crippen molar-refractivity contribution in [2.75, 3.05) is 7.05 Å². The molecule has 0 saturated carbocycles. The van der Waals surface area contributed by atoms with Crippen molar-refractivity contribution < 1.29 is 5.32 Å². The number of nitrogens with zero attached hydrogens (tertiary/aromatic N) is 3. The minimum absolute atomic E-state index is 0.982. The number of hydrogen-bond acceptors (Lipinski definition) is 2. The van der Waals surface area contributed by atoms with Crippen molar-refractivity contribution in [1.82, 2.24) is 14.8 Å². The van der Waals surface area contributed by atoms with Gasteiger partial charge in [-0.1, -0.05) is 0 Å². The molecule has 66 valence electrons. The Balaban J connectivity index is 2.36. The molecule has 2 aromatic rings. The molecule has 2 rings (SSSR count). The molecular formula is C9H11N4+. The highest BCUT2D eigenvalue weighted by Gasteiger charge is 2.00. The second kappa shape index (κ2) is 3.37. The molecule has 0 fully saturated rings. The van der Waals surface area contributed by atoms with Crippen LogP contribution in [0.15, 0.2) is 36.9 Å². The molecule has 0 atom stereocenters. The predicted molar refractivity (Wildman–Crippen MR) is 48.9 cm³/mol. The first-order valence-corrected chi connectivity index (χ1v) is 4.14. The van der Waals surface area contributed by atoms with Gasteiger partial charge in [-0.25, -0.2) is 4.68 Å². The van der Waals surface area contributed by atoms with Crippen LogP contribution < -0.4 is 5.32 Å². The summed E-state index contributed by atoms with van der Waals surface area (Å²) in [6.07, 6.45) is 7.33. The van der Waals surface area contributed by atoms with Crippen LogP contribution in [-0.2, 0) is 0 Å². The van der Waals surface area contributed by atoms with Crippen molar-refractivity contribution in [1.29, 1.82) is 0 Å².